The molecule has 1 fully saturated rings. The second-order valence-corrected chi connectivity index (χ2v) is 5.30. The summed E-state index contributed by atoms with van der Waals surface area (Å²) in [5.74, 6) is -0.0236. The van der Waals surface area contributed by atoms with E-state index in [4.69, 9.17) is 5.73 Å². The number of phenolic OH excluding ortho intramolecular Hbond substituents is 1. The molecule has 0 saturated carbocycles. The minimum atomic E-state index is -0.0826. The Hall–Kier alpha value is -1.59. The Morgan fingerprint density at radius 1 is 1.30 bits per heavy atom. The van der Waals surface area contributed by atoms with Crippen LogP contribution in [0.15, 0.2) is 18.2 Å². The first-order chi connectivity index (χ1) is 9.61. The molecule has 0 atom stereocenters. The van der Waals surface area contributed by atoms with E-state index in [1.165, 1.54) is 0 Å². The van der Waals surface area contributed by atoms with Crippen molar-refractivity contribution in [2.75, 3.05) is 39.3 Å². The van der Waals surface area contributed by atoms with Crippen LogP contribution in [0.1, 0.15) is 22.3 Å². The molecule has 110 valence electrons. The number of benzene rings is 1. The van der Waals surface area contributed by atoms with E-state index in [-0.39, 0.29) is 11.7 Å². The number of rotatable bonds is 3. The van der Waals surface area contributed by atoms with Crippen LogP contribution >= 0.6 is 0 Å². The van der Waals surface area contributed by atoms with Crippen LogP contribution in [-0.4, -0.2) is 60.1 Å². The van der Waals surface area contributed by atoms with Crippen LogP contribution in [0.25, 0.3) is 0 Å². The largest absolute Gasteiger partial charge is 0.507 e. The fourth-order valence-corrected chi connectivity index (χ4v) is 2.57. The van der Waals surface area contributed by atoms with Gasteiger partial charge in [0.25, 0.3) is 5.91 Å². The highest BCUT2D eigenvalue weighted by atomic mass is 16.3. The van der Waals surface area contributed by atoms with Crippen LogP contribution in [0.4, 0.5) is 0 Å². The topological polar surface area (TPSA) is 69.8 Å². The number of amides is 1. The van der Waals surface area contributed by atoms with Crippen molar-refractivity contribution in [2.24, 2.45) is 5.73 Å². The van der Waals surface area contributed by atoms with E-state index in [0.717, 1.165) is 38.2 Å². The molecule has 0 bridgehead atoms. The minimum Gasteiger partial charge on any atom is -0.507 e. The first-order valence-electron chi connectivity index (χ1n) is 7.13. The molecule has 20 heavy (non-hydrogen) atoms. The average molecular weight is 277 g/mol. The van der Waals surface area contributed by atoms with Gasteiger partial charge >= 0.3 is 0 Å². The maximum atomic E-state index is 12.5. The third kappa shape index (κ3) is 3.49. The Morgan fingerprint density at radius 3 is 2.85 bits per heavy atom. The molecule has 0 spiro atoms. The Bertz CT molecular complexity index is 476. The zero-order chi connectivity index (χ0) is 14.5. The number of phenols is 1. The Labute approximate surface area is 120 Å². The molecule has 0 aliphatic carbocycles. The maximum absolute atomic E-state index is 12.5. The molecule has 1 amide bonds. The molecule has 1 heterocycles. The van der Waals surface area contributed by atoms with Gasteiger partial charge in [0.2, 0.25) is 0 Å². The minimum absolute atomic E-state index is 0.0589. The van der Waals surface area contributed by atoms with E-state index in [0.29, 0.717) is 18.7 Å². The third-order valence-electron chi connectivity index (χ3n) is 3.70. The van der Waals surface area contributed by atoms with Gasteiger partial charge in [-0.2, -0.15) is 0 Å². The molecule has 5 nitrogen and oxygen atoms in total. The highest BCUT2D eigenvalue weighted by molar-refractivity contribution is 5.97. The lowest BCUT2D eigenvalue weighted by Gasteiger charge is -2.22. The zero-order valence-electron chi connectivity index (χ0n) is 12.0. The number of nitrogens with zero attached hydrogens (tertiary/aromatic N) is 2. The second-order valence-electron chi connectivity index (χ2n) is 5.30. The van der Waals surface area contributed by atoms with Gasteiger partial charge in [-0.25, -0.2) is 0 Å². The van der Waals surface area contributed by atoms with Crippen LogP contribution in [0, 0.1) is 6.92 Å². The van der Waals surface area contributed by atoms with Gasteiger partial charge in [-0.1, -0.05) is 11.6 Å². The maximum Gasteiger partial charge on any atom is 0.257 e. The van der Waals surface area contributed by atoms with Crippen molar-refractivity contribution in [3.8, 4) is 5.75 Å². The normalized spacial score (nSPS) is 17.0. The highest BCUT2D eigenvalue weighted by Crippen LogP contribution is 2.20. The van der Waals surface area contributed by atoms with E-state index in [1.54, 1.807) is 18.2 Å². The zero-order valence-corrected chi connectivity index (χ0v) is 12.0. The number of hydrogen-bond donors (Lipinski definition) is 2. The van der Waals surface area contributed by atoms with Crippen molar-refractivity contribution in [1.29, 1.82) is 0 Å². The lowest BCUT2D eigenvalue weighted by Crippen LogP contribution is -2.36. The number of carbonyl (C=O) groups excluding carboxylic acids is 1. The van der Waals surface area contributed by atoms with E-state index in [1.807, 2.05) is 11.8 Å². The van der Waals surface area contributed by atoms with E-state index >= 15 is 0 Å². The second kappa shape index (κ2) is 6.72. The number of aryl methyl sites for hydroxylation is 1. The summed E-state index contributed by atoms with van der Waals surface area (Å²) < 4.78 is 0. The number of aromatic hydroxyl groups is 1. The molecule has 5 heteroatoms. The fraction of sp³-hybridized carbons (Fsp3) is 0.533. The smallest absolute Gasteiger partial charge is 0.257 e. The number of nitrogens with two attached hydrogens (primary N) is 1. The van der Waals surface area contributed by atoms with Gasteiger partial charge in [0.1, 0.15) is 5.75 Å². The van der Waals surface area contributed by atoms with Crippen molar-refractivity contribution < 1.29 is 9.90 Å². The van der Waals surface area contributed by atoms with E-state index in [9.17, 15) is 9.90 Å². The molecule has 3 N–H and O–H groups in total. The van der Waals surface area contributed by atoms with Gasteiger partial charge in [-0.3, -0.25) is 4.79 Å². The van der Waals surface area contributed by atoms with Gasteiger partial charge in [-0.15, -0.1) is 0 Å². The summed E-state index contributed by atoms with van der Waals surface area (Å²) in [7, 11) is 0. The molecule has 2 rings (SSSR count). The van der Waals surface area contributed by atoms with Crippen molar-refractivity contribution in [3.63, 3.8) is 0 Å². The molecule has 1 aliphatic rings. The molecular formula is C15H23N3O2. The molecule has 1 aliphatic heterocycles. The first-order valence-corrected chi connectivity index (χ1v) is 7.13. The highest BCUT2D eigenvalue weighted by Gasteiger charge is 2.22. The Balaban J connectivity index is 2.07. The summed E-state index contributed by atoms with van der Waals surface area (Å²) in [4.78, 5) is 16.6. The van der Waals surface area contributed by atoms with Crippen LogP contribution < -0.4 is 5.73 Å². The lowest BCUT2D eigenvalue weighted by atomic mass is 10.1. The van der Waals surface area contributed by atoms with Crippen molar-refractivity contribution in [3.05, 3.63) is 29.3 Å². The summed E-state index contributed by atoms with van der Waals surface area (Å²) >= 11 is 0. The number of hydrogen-bond acceptors (Lipinski definition) is 4. The SMILES string of the molecule is Cc1ccc(O)c(C(=O)N2CCCN(CCN)CC2)c1. The predicted octanol–water partition coefficient (Wildman–Crippen LogP) is 0.807. The van der Waals surface area contributed by atoms with Gasteiger partial charge in [-0.05, 0) is 32.0 Å². The monoisotopic (exact) mass is 277 g/mol. The van der Waals surface area contributed by atoms with Crippen LogP contribution in [-0.2, 0) is 0 Å². The van der Waals surface area contributed by atoms with Gasteiger partial charge in [0.15, 0.2) is 0 Å². The van der Waals surface area contributed by atoms with Gasteiger partial charge in [0, 0.05) is 32.7 Å². The molecule has 1 aromatic carbocycles. The molecule has 0 aromatic heterocycles. The van der Waals surface area contributed by atoms with Crippen molar-refractivity contribution >= 4 is 5.91 Å². The summed E-state index contributed by atoms with van der Waals surface area (Å²) in [5, 5.41) is 9.87. The Morgan fingerprint density at radius 2 is 2.10 bits per heavy atom. The van der Waals surface area contributed by atoms with Gasteiger partial charge in [0.05, 0.1) is 5.56 Å². The lowest BCUT2D eigenvalue weighted by molar-refractivity contribution is 0.0758. The third-order valence-corrected chi connectivity index (χ3v) is 3.70. The van der Waals surface area contributed by atoms with Crippen molar-refractivity contribution in [2.45, 2.75) is 13.3 Å². The summed E-state index contributed by atoms with van der Waals surface area (Å²) in [6.07, 6.45) is 0.943. The van der Waals surface area contributed by atoms with Crippen LogP contribution in [0.2, 0.25) is 0 Å². The predicted molar refractivity (Wildman–Crippen MR) is 78.9 cm³/mol. The van der Waals surface area contributed by atoms with Crippen LogP contribution in [0.5, 0.6) is 5.75 Å². The quantitative estimate of drug-likeness (QED) is 0.857. The molecule has 0 radical (unpaired) electrons. The summed E-state index contributed by atoms with van der Waals surface area (Å²) in [6.45, 7) is 6.67. The Kier molecular flexibility index (Phi) is 4.98. The molecule has 1 saturated heterocycles. The molecule has 0 unspecified atom stereocenters. The van der Waals surface area contributed by atoms with Crippen molar-refractivity contribution in [1.82, 2.24) is 9.80 Å². The van der Waals surface area contributed by atoms with Crippen LogP contribution in [0.3, 0.4) is 0 Å². The molecular weight excluding hydrogens is 254 g/mol. The standard InChI is InChI=1S/C15H23N3O2/c1-12-3-4-14(19)13(11-12)15(20)18-7-2-6-17(8-5-16)9-10-18/h3-4,11,19H,2,5-10,16H2,1H3. The first kappa shape index (κ1) is 14.8. The molecule has 1 aromatic rings. The van der Waals surface area contributed by atoms with Gasteiger partial charge < -0.3 is 20.6 Å². The van der Waals surface area contributed by atoms with E-state index in [2.05, 4.69) is 4.90 Å². The summed E-state index contributed by atoms with van der Waals surface area (Å²) in [5.41, 5.74) is 6.95. The summed E-state index contributed by atoms with van der Waals surface area (Å²) in [6, 6.07) is 5.14. The van der Waals surface area contributed by atoms with E-state index < -0.39 is 0 Å². The fourth-order valence-electron chi connectivity index (χ4n) is 2.57. The number of carbonyl (C=O) groups is 1. The average Bonchev–Trinajstić information content (AvgIpc) is 2.67.